The van der Waals surface area contributed by atoms with Crippen LogP contribution in [0.5, 0.6) is 5.75 Å². The zero-order chi connectivity index (χ0) is 20.0. The molecule has 1 N–H and O–H groups in total. The monoisotopic (exact) mass is 377 g/mol. The number of hydrogen-bond donors (Lipinski definition) is 1. The van der Waals surface area contributed by atoms with Gasteiger partial charge >= 0.3 is 5.97 Å². The number of esters is 1. The van der Waals surface area contributed by atoms with Crippen LogP contribution in [-0.4, -0.2) is 24.6 Å². The van der Waals surface area contributed by atoms with Gasteiger partial charge in [0.05, 0.1) is 5.69 Å². The zero-order valence-electron chi connectivity index (χ0n) is 15.3. The van der Waals surface area contributed by atoms with Gasteiger partial charge in [-0.25, -0.2) is 13.6 Å². The van der Waals surface area contributed by atoms with Gasteiger partial charge in [0.2, 0.25) is 0 Å². The minimum atomic E-state index is -1.20. The van der Waals surface area contributed by atoms with Crippen LogP contribution in [0.25, 0.3) is 0 Å². The predicted octanol–water partition coefficient (Wildman–Crippen LogP) is 4.04. The maximum absolute atomic E-state index is 13.5. The van der Waals surface area contributed by atoms with Gasteiger partial charge in [-0.3, -0.25) is 4.79 Å². The lowest BCUT2D eigenvalue weighted by Crippen LogP contribution is -2.32. The van der Waals surface area contributed by atoms with Gasteiger partial charge in [0.25, 0.3) is 5.91 Å². The second kappa shape index (κ2) is 9.12. The van der Waals surface area contributed by atoms with E-state index < -0.39 is 29.6 Å². The first-order valence-corrected chi connectivity index (χ1v) is 8.44. The topological polar surface area (TPSA) is 64.6 Å². The molecule has 0 spiro atoms. The Kier molecular flexibility index (Phi) is 6.87. The quantitative estimate of drug-likeness (QED) is 0.740. The summed E-state index contributed by atoms with van der Waals surface area (Å²) in [5.74, 6) is -2.16. The van der Waals surface area contributed by atoms with Gasteiger partial charge in [-0.2, -0.15) is 0 Å². The SMILES string of the molecule is CC(C)c1ccc(OCC(=O)O[C@H](C)C(=O)Nc2cc(F)ccc2F)cc1. The number of nitrogens with one attached hydrogen (secondary N) is 1. The van der Waals surface area contributed by atoms with E-state index in [9.17, 15) is 18.4 Å². The number of amides is 1. The fraction of sp³-hybridized carbons (Fsp3) is 0.300. The van der Waals surface area contributed by atoms with Gasteiger partial charge in [0.15, 0.2) is 12.7 Å². The Hall–Kier alpha value is -2.96. The molecule has 7 heteroatoms. The van der Waals surface area contributed by atoms with Crippen LogP contribution in [0, 0.1) is 11.6 Å². The lowest BCUT2D eigenvalue weighted by molar-refractivity contribution is -0.155. The molecule has 0 fully saturated rings. The van der Waals surface area contributed by atoms with E-state index in [4.69, 9.17) is 9.47 Å². The van der Waals surface area contributed by atoms with Gasteiger partial charge in [0.1, 0.15) is 17.4 Å². The van der Waals surface area contributed by atoms with Crippen molar-refractivity contribution in [2.75, 3.05) is 11.9 Å². The Labute approximate surface area is 156 Å². The van der Waals surface area contributed by atoms with Crippen molar-refractivity contribution in [3.63, 3.8) is 0 Å². The Bertz CT molecular complexity index is 806. The lowest BCUT2D eigenvalue weighted by atomic mass is 10.0. The highest BCUT2D eigenvalue weighted by molar-refractivity contribution is 5.95. The number of rotatable bonds is 7. The van der Waals surface area contributed by atoms with Crippen LogP contribution < -0.4 is 10.1 Å². The Morgan fingerprint density at radius 2 is 1.70 bits per heavy atom. The Morgan fingerprint density at radius 3 is 2.33 bits per heavy atom. The van der Waals surface area contributed by atoms with Crippen molar-refractivity contribution < 1.29 is 27.8 Å². The summed E-state index contributed by atoms with van der Waals surface area (Å²) in [6.45, 7) is 5.07. The van der Waals surface area contributed by atoms with Crippen LogP contribution in [0.4, 0.5) is 14.5 Å². The molecule has 0 aliphatic carbocycles. The summed E-state index contributed by atoms with van der Waals surface area (Å²) >= 11 is 0. The second-order valence-corrected chi connectivity index (χ2v) is 6.26. The molecular formula is C20H21F2NO4. The minimum absolute atomic E-state index is 0.329. The highest BCUT2D eigenvalue weighted by Gasteiger charge is 2.19. The van der Waals surface area contributed by atoms with E-state index in [0.717, 1.165) is 23.8 Å². The number of benzene rings is 2. The first-order valence-electron chi connectivity index (χ1n) is 8.44. The molecule has 0 aliphatic rings. The zero-order valence-corrected chi connectivity index (χ0v) is 15.3. The maximum Gasteiger partial charge on any atom is 0.344 e. The van der Waals surface area contributed by atoms with Gasteiger partial charge in [0, 0.05) is 6.07 Å². The molecule has 0 radical (unpaired) electrons. The molecule has 0 aromatic heterocycles. The Morgan fingerprint density at radius 1 is 1.04 bits per heavy atom. The second-order valence-electron chi connectivity index (χ2n) is 6.26. The smallest absolute Gasteiger partial charge is 0.344 e. The molecule has 2 aromatic rings. The molecule has 2 aromatic carbocycles. The number of hydrogen-bond acceptors (Lipinski definition) is 4. The summed E-state index contributed by atoms with van der Waals surface area (Å²) in [6.07, 6.45) is -1.20. The van der Waals surface area contributed by atoms with Crippen molar-refractivity contribution in [1.29, 1.82) is 0 Å². The molecule has 27 heavy (non-hydrogen) atoms. The standard InChI is InChI=1S/C20H21F2NO4/c1-12(2)14-4-7-16(8-5-14)26-11-19(24)27-13(3)20(25)23-18-10-15(21)6-9-17(18)22/h4-10,12-13H,11H2,1-3H3,(H,23,25)/t13-/m1/s1. The highest BCUT2D eigenvalue weighted by Crippen LogP contribution is 2.19. The molecule has 144 valence electrons. The predicted molar refractivity (Wildman–Crippen MR) is 96.6 cm³/mol. The largest absolute Gasteiger partial charge is 0.482 e. The van der Waals surface area contributed by atoms with E-state index >= 15 is 0 Å². The third-order valence-electron chi connectivity index (χ3n) is 3.77. The van der Waals surface area contributed by atoms with Crippen LogP contribution in [-0.2, 0) is 14.3 Å². The molecule has 1 atom stereocenters. The molecule has 0 heterocycles. The van der Waals surface area contributed by atoms with Crippen molar-refractivity contribution in [3.05, 3.63) is 59.7 Å². The summed E-state index contributed by atoms with van der Waals surface area (Å²) in [6, 6.07) is 9.94. The van der Waals surface area contributed by atoms with Gasteiger partial charge < -0.3 is 14.8 Å². The Balaban J connectivity index is 1.83. The van der Waals surface area contributed by atoms with Crippen molar-refractivity contribution in [3.8, 4) is 5.75 Å². The fourth-order valence-electron chi connectivity index (χ4n) is 2.20. The normalized spacial score (nSPS) is 11.8. The lowest BCUT2D eigenvalue weighted by Gasteiger charge is -2.14. The van der Waals surface area contributed by atoms with E-state index in [-0.39, 0.29) is 12.3 Å². The highest BCUT2D eigenvalue weighted by atomic mass is 19.1. The molecular weight excluding hydrogens is 356 g/mol. The summed E-state index contributed by atoms with van der Waals surface area (Å²) in [4.78, 5) is 23.8. The van der Waals surface area contributed by atoms with Crippen molar-refractivity contribution in [2.45, 2.75) is 32.8 Å². The molecule has 0 unspecified atom stereocenters. The molecule has 1 amide bonds. The average Bonchev–Trinajstić information content (AvgIpc) is 2.63. The molecule has 0 aliphatic heterocycles. The van der Waals surface area contributed by atoms with Crippen LogP contribution in [0.2, 0.25) is 0 Å². The molecule has 0 saturated carbocycles. The van der Waals surface area contributed by atoms with Crippen molar-refractivity contribution in [2.24, 2.45) is 0 Å². The van der Waals surface area contributed by atoms with E-state index in [1.807, 2.05) is 12.1 Å². The van der Waals surface area contributed by atoms with Crippen molar-refractivity contribution >= 4 is 17.6 Å². The van der Waals surface area contributed by atoms with E-state index in [2.05, 4.69) is 19.2 Å². The summed E-state index contributed by atoms with van der Waals surface area (Å²) < 4.78 is 36.9. The third-order valence-corrected chi connectivity index (χ3v) is 3.77. The van der Waals surface area contributed by atoms with E-state index in [0.29, 0.717) is 11.7 Å². The van der Waals surface area contributed by atoms with Crippen LogP contribution in [0.15, 0.2) is 42.5 Å². The third kappa shape index (κ3) is 6.06. The maximum atomic E-state index is 13.5. The van der Waals surface area contributed by atoms with Gasteiger partial charge in [-0.15, -0.1) is 0 Å². The molecule has 2 rings (SSSR count). The number of anilines is 1. The molecule has 0 saturated heterocycles. The average molecular weight is 377 g/mol. The van der Waals surface area contributed by atoms with Crippen LogP contribution >= 0.6 is 0 Å². The number of carbonyl (C=O) groups excluding carboxylic acids is 2. The molecule has 5 nitrogen and oxygen atoms in total. The summed E-state index contributed by atoms with van der Waals surface area (Å²) in [5, 5.41) is 2.17. The summed E-state index contributed by atoms with van der Waals surface area (Å²) in [7, 11) is 0. The number of carbonyl (C=O) groups is 2. The van der Waals surface area contributed by atoms with E-state index in [1.165, 1.54) is 6.92 Å². The van der Waals surface area contributed by atoms with E-state index in [1.54, 1.807) is 12.1 Å². The summed E-state index contributed by atoms with van der Waals surface area (Å²) in [5.41, 5.74) is 0.809. The van der Waals surface area contributed by atoms with Crippen LogP contribution in [0.3, 0.4) is 0 Å². The first-order chi connectivity index (χ1) is 12.8. The first kappa shape index (κ1) is 20.4. The molecule has 0 bridgehead atoms. The number of ether oxygens (including phenoxy) is 2. The van der Waals surface area contributed by atoms with Gasteiger partial charge in [-0.1, -0.05) is 26.0 Å². The van der Waals surface area contributed by atoms with Crippen molar-refractivity contribution in [1.82, 2.24) is 0 Å². The minimum Gasteiger partial charge on any atom is -0.482 e. The fourth-order valence-corrected chi connectivity index (χ4v) is 2.20. The number of halogens is 2. The van der Waals surface area contributed by atoms with Gasteiger partial charge in [-0.05, 0) is 42.7 Å². The van der Waals surface area contributed by atoms with Crippen LogP contribution in [0.1, 0.15) is 32.3 Å².